The number of ether oxygens (including phenoxy) is 3. The zero-order valence-electron chi connectivity index (χ0n) is 16.8. The molecule has 0 aromatic heterocycles. The van der Waals surface area contributed by atoms with E-state index in [2.05, 4.69) is 27.7 Å². The molecular formula is C22H21IN2O5. The molecule has 1 amide bonds. The van der Waals surface area contributed by atoms with E-state index in [1.54, 1.807) is 26.0 Å². The maximum Gasteiger partial charge on any atom is 0.344 e. The number of methoxy groups -OCH3 is 1. The number of benzene rings is 2. The first-order chi connectivity index (χ1) is 14.4. The molecule has 0 unspecified atom stereocenters. The molecule has 156 valence electrons. The standard InChI is InChI=1S/C22H21IN2O5/c1-4-29-20(26)13-30-21-18(23)11-15(12-19(21)28-3)10-17-14(2)24-25(22(17)27)16-8-6-5-7-9-16/h5-12H,4,13H2,1-3H3/b17-10+. The molecule has 0 N–H and O–H groups in total. The Hall–Kier alpha value is -2.88. The molecule has 0 radical (unpaired) electrons. The first-order valence-electron chi connectivity index (χ1n) is 9.27. The molecule has 7 nitrogen and oxygen atoms in total. The molecule has 8 heteroatoms. The fourth-order valence-corrected chi connectivity index (χ4v) is 3.67. The Morgan fingerprint density at radius 1 is 1.23 bits per heavy atom. The second-order valence-electron chi connectivity index (χ2n) is 6.32. The average Bonchev–Trinajstić information content (AvgIpc) is 3.01. The summed E-state index contributed by atoms with van der Waals surface area (Å²) in [7, 11) is 1.52. The van der Waals surface area contributed by atoms with Crippen LogP contribution in [0.1, 0.15) is 19.4 Å². The summed E-state index contributed by atoms with van der Waals surface area (Å²) < 4.78 is 16.6. The van der Waals surface area contributed by atoms with E-state index in [0.29, 0.717) is 28.5 Å². The number of halogens is 1. The molecule has 1 aliphatic rings. The van der Waals surface area contributed by atoms with Gasteiger partial charge in [-0.15, -0.1) is 0 Å². The topological polar surface area (TPSA) is 77.4 Å². The summed E-state index contributed by atoms with van der Waals surface area (Å²) in [4.78, 5) is 24.5. The third-order valence-electron chi connectivity index (χ3n) is 4.27. The minimum atomic E-state index is -0.453. The highest BCUT2D eigenvalue weighted by Gasteiger charge is 2.28. The van der Waals surface area contributed by atoms with Crippen molar-refractivity contribution >= 4 is 51.9 Å². The number of rotatable bonds is 7. The summed E-state index contributed by atoms with van der Waals surface area (Å²) in [6, 6.07) is 12.9. The van der Waals surface area contributed by atoms with E-state index in [1.807, 2.05) is 36.4 Å². The van der Waals surface area contributed by atoms with Crippen molar-refractivity contribution in [2.45, 2.75) is 13.8 Å². The number of nitrogens with zero attached hydrogens (tertiary/aromatic N) is 2. The molecule has 1 heterocycles. The van der Waals surface area contributed by atoms with E-state index in [9.17, 15) is 9.59 Å². The lowest BCUT2D eigenvalue weighted by Gasteiger charge is -2.13. The Balaban J connectivity index is 1.87. The van der Waals surface area contributed by atoms with Gasteiger partial charge in [0.05, 0.1) is 34.3 Å². The van der Waals surface area contributed by atoms with Gasteiger partial charge in [0.2, 0.25) is 0 Å². The molecule has 2 aromatic carbocycles. The summed E-state index contributed by atoms with van der Waals surface area (Å²) in [5, 5.41) is 5.78. The molecule has 0 bridgehead atoms. The van der Waals surface area contributed by atoms with Crippen LogP contribution in [-0.4, -0.2) is 37.9 Å². The highest BCUT2D eigenvalue weighted by Crippen LogP contribution is 2.35. The number of hydrazone groups is 1. The molecule has 0 atom stereocenters. The third-order valence-corrected chi connectivity index (χ3v) is 5.07. The van der Waals surface area contributed by atoms with Crippen LogP contribution in [0.5, 0.6) is 11.5 Å². The van der Waals surface area contributed by atoms with E-state index in [1.165, 1.54) is 12.1 Å². The van der Waals surface area contributed by atoms with Gasteiger partial charge in [-0.1, -0.05) is 18.2 Å². The van der Waals surface area contributed by atoms with Crippen LogP contribution in [0.2, 0.25) is 0 Å². The van der Waals surface area contributed by atoms with Gasteiger partial charge in [0, 0.05) is 0 Å². The van der Waals surface area contributed by atoms with Gasteiger partial charge in [0.1, 0.15) is 0 Å². The average molecular weight is 520 g/mol. The summed E-state index contributed by atoms with van der Waals surface area (Å²) in [6.07, 6.45) is 1.77. The number of amides is 1. The molecule has 0 saturated heterocycles. The van der Waals surface area contributed by atoms with Crippen molar-refractivity contribution in [3.63, 3.8) is 0 Å². The number of carbonyl (C=O) groups excluding carboxylic acids is 2. The Morgan fingerprint density at radius 3 is 2.63 bits per heavy atom. The first-order valence-corrected chi connectivity index (χ1v) is 10.3. The van der Waals surface area contributed by atoms with Gasteiger partial charge in [-0.3, -0.25) is 4.79 Å². The van der Waals surface area contributed by atoms with Crippen molar-refractivity contribution in [2.75, 3.05) is 25.3 Å². The molecule has 1 aliphatic heterocycles. The van der Waals surface area contributed by atoms with Gasteiger partial charge in [-0.2, -0.15) is 10.1 Å². The van der Waals surface area contributed by atoms with Crippen molar-refractivity contribution in [3.8, 4) is 11.5 Å². The van der Waals surface area contributed by atoms with Crippen molar-refractivity contribution in [1.29, 1.82) is 0 Å². The van der Waals surface area contributed by atoms with Gasteiger partial charge in [-0.05, 0) is 72.3 Å². The lowest BCUT2D eigenvalue weighted by molar-refractivity contribution is -0.145. The van der Waals surface area contributed by atoms with E-state index in [-0.39, 0.29) is 19.1 Å². The quantitative estimate of drug-likeness (QED) is 0.313. The number of hydrogen-bond acceptors (Lipinski definition) is 6. The minimum absolute atomic E-state index is 0.199. The third kappa shape index (κ3) is 4.81. The van der Waals surface area contributed by atoms with Gasteiger partial charge in [0.25, 0.3) is 5.91 Å². The highest BCUT2D eigenvalue weighted by molar-refractivity contribution is 14.1. The SMILES string of the molecule is CCOC(=O)COc1c(I)cc(/C=C2/C(=O)N(c3ccccc3)N=C2C)cc1OC. The van der Waals surface area contributed by atoms with E-state index in [4.69, 9.17) is 14.2 Å². The van der Waals surface area contributed by atoms with Crippen LogP contribution >= 0.6 is 22.6 Å². The number of anilines is 1. The van der Waals surface area contributed by atoms with E-state index < -0.39 is 5.97 Å². The Bertz CT molecular complexity index is 1020. The molecule has 30 heavy (non-hydrogen) atoms. The molecule has 0 saturated carbocycles. The molecule has 0 aliphatic carbocycles. The molecule has 2 aromatic rings. The fourth-order valence-electron chi connectivity index (χ4n) is 2.89. The van der Waals surface area contributed by atoms with Crippen LogP contribution < -0.4 is 14.5 Å². The number of hydrogen-bond donors (Lipinski definition) is 0. The number of para-hydroxylation sites is 1. The zero-order chi connectivity index (χ0) is 21.7. The predicted molar refractivity (Wildman–Crippen MR) is 123 cm³/mol. The largest absolute Gasteiger partial charge is 0.493 e. The Morgan fingerprint density at radius 2 is 1.97 bits per heavy atom. The maximum atomic E-state index is 12.9. The van der Waals surface area contributed by atoms with E-state index in [0.717, 1.165) is 9.13 Å². The van der Waals surface area contributed by atoms with Crippen molar-refractivity contribution in [3.05, 3.63) is 57.2 Å². The van der Waals surface area contributed by atoms with Crippen molar-refractivity contribution < 1.29 is 23.8 Å². The van der Waals surface area contributed by atoms with Crippen LogP contribution in [0.15, 0.2) is 53.1 Å². The van der Waals surface area contributed by atoms with Crippen LogP contribution in [0.4, 0.5) is 5.69 Å². The Kier molecular flexibility index (Phi) is 7.09. The molecule has 3 rings (SSSR count). The van der Waals surface area contributed by atoms with Crippen LogP contribution in [0, 0.1) is 3.57 Å². The zero-order valence-corrected chi connectivity index (χ0v) is 19.0. The van der Waals surface area contributed by atoms with Crippen LogP contribution in [0.3, 0.4) is 0 Å². The monoisotopic (exact) mass is 520 g/mol. The van der Waals surface area contributed by atoms with Gasteiger partial charge >= 0.3 is 5.97 Å². The lowest BCUT2D eigenvalue weighted by Crippen LogP contribution is -2.21. The summed E-state index contributed by atoms with van der Waals surface area (Å²) in [6.45, 7) is 3.61. The predicted octanol–water partition coefficient (Wildman–Crippen LogP) is 4.05. The second kappa shape index (κ2) is 9.75. The maximum absolute atomic E-state index is 12.9. The number of carbonyl (C=O) groups is 2. The molecule has 0 fully saturated rings. The summed E-state index contributed by atoms with van der Waals surface area (Å²) in [5.41, 5.74) is 2.59. The lowest BCUT2D eigenvalue weighted by atomic mass is 10.1. The van der Waals surface area contributed by atoms with Crippen molar-refractivity contribution in [1.82, 2.24) is 0 Å². The minimum Gasteiger partial charge on any atom is -0.493 e. The van der Waals surface area contributed by atoms with E-state index >= 15 is 0 Å². The summed E-state index contributed by atoms with van der Waals surface area (Å²) in [5.74, 6) is 0.251. The summed E-state index contributed by atoms with van der Waals surface area (Å²) >= 11 is 2.10. The van der Waals surface area contributed by atoms with Crippen molar-refractivity contribution in [2.24, 2.45) is 5.10 Å². The second-order valence-corrected chi connectivity index (χ2v) is 7.49. The fraction of sp³-hybridized carbons (Fsp3) is 0.227. The van der Waals surface area contributed by atoms with Crippen LogP contribution in [-0.2, 0) is 14.3 Å². The molecule has 0 spiro atoms. The van der Waals surface area contributed by atoms with Crippen LogP contribution in [0.25, 0.3) is 6.08 Å². The number of esters is 1. The normalized spacial score (nSPS) is 14.7. The smallest absolute Gasteiger partial charge is 0.344 e. The Labute approximate surface area is 188 Å². The first kappa shape index (κ1) is 21.8. The van der Waals surface area contributed by atoms with Gasteiger partial charge in [-0.25, -0.2) is 4.79 Å². The highest BCUT2D eigenvalue weighted by atomic mass is 127. The van der Waals surface area contributed by atoms with Gasteiger partial charge < -0.3 is 14.2 Å². The molecular weight excluding hydrogens is 499 g/mol. The van der Waals surface area contributed by atoms with Gasteiger partial charge in [0.15, 0.2) is 18.1 Å².